The number of nitrogens with one attached hydrogen (secondary N) is 3. The summed E-state index contributed by atoms with van der Waals surface area (Å²) in [6.07, 6.45) is 4.22. The molecule has 0 bridgehead atoms. The van der Waals surface area contributed by atoms with E-state index in [1.54, 1.807) is 0 Å². The molecular weight excluding hydrogens is 350 g/mol. The molecule has 0 radical (unpaired) electrons. The minimum Gasteiger partial charge on any atom is -0.368 e. The molecule has 4 aromatic rings. The Morgan fingerprint density at radius 3 is 2.67 bits per heavy atom. The van der Waals surface area contributed by atoms with Gasteiger partial charge >= 0.3 is 0 Å². The van der Waals surface area contributed by atoms with Gasteiger partial charge in [0.05, 0.1) is 6.20 Å². The van der Waals surface area contributed by atoms with Gasteiger partial charge in [-0.3, -0.25) is 0 Å². The van der Waals surface area contributed by atoms with Gasteiger partial charge in [0.1, 0.15) is 17.3 Å². The van der Waals surface area contributed by atoms with E-state index in [1.165, 1.54) is 23.2 Å². The lowest BCUT2D eigenvalue weighted by Crippen LogP contribution is -2.09. The molecule has 3 N–H and O–H groups in total. The second-order valence-electron chi connectivity index (χ2n) is 5.92. The molecule has 4 rings (SSSR count). The molecule has 0 aliphatic carbocycles. The molecule has 2 heterocycles. The zero-order valence-corrected chi connectivity index (χ0v) is 14.2. The number of rotatable bonds is 6. The molecule has 2 aromatic carbocycles. The number of halogens is 2. The molecule has 0 fully saturated rings. The van der Waals surface area contributed by atoms with Crippen LogP contribution in [0.5, 0.6) is 0 Å². The van der Waals surface area contributed by atoms with Crippen molar-refractivity contribution in [2.45, 2.75) is 6.42 Å². The van der Waals surface area contributed by atoms with Crippen molar-refractivity contribution >= 4 is 28.4 Å². The molecule has 8 heteroatoms. The normalized spacial score (nSPS) is 10.9. The topological polar surface area (TPSA) is 78.5 Å². The fraction of sp³-hybridized carbons (Fsp3) is 0.105. The van der Waals surface area contributed by atoms with E-state index in [4.69, 9.17) is 0 Å². The number of H-pyrrole nitrogens is 1. The SMILES string of the molecule is Fc1cccc(F)c1Nc1nncc(NCCc2c[nH]c3ccccc23)n1. The van der Waals surface area contributed by atoms with Crippen LogP contribution < -0.4 is 10.6 Å². The molecule has 0 aliphatic rings. The van der Waals surface area contributed by atoms with Crippen molar-refractivity contribution in [2.75, 3.05) is 17.2 Å². The van der Waals surface area contributed by atoms with Gasteiger partial charge in [-0.25, -0.2) is 8.78 Å². The summed E-state index contributed by atoms with van der Waals surface area (Å²) in [5, 5.41) is 14.4. The van der Waals surface area contributed by atoms with Gasteiger partial charge in [-0.05, 0) is 30.2 Å². The largest absolute Gasteiger partial charge is 0.368 e. The minimum absolute atomic E-state index is 0.0103. The number of aromatic amines is 1. The summed E-state index contributed by atoms with van der Waals surface area (Å²) >= 11 is 0. The second-order valence-corrected chi connectivity index (χ2v) is 5.92. The van der Waals surface area contributed by atoms with Crippen LogP contribution in [0.3, 0.4) is 0 Å². The van der Waals surface area contributed by atoms with Crippen LogP contribution in [-0.4, -0.2) is 26.7 Å². The molecular formula is C19H16F2N6. The van der Waals surface area contributed by atoms with E-state index in [0.717, 1.165) is 24.1 Å². The first kappa shape index (κ1) is 16.9. The number of aromatic nitrogens is 4. The molecule has 0 amide bonds. The van der Waals surface area contributed by atoms with E-state index in [0.29, 0.717) is 12.4 Å². The Balaban J connectivity index is 1.42. The van der Waals surface area contributed by atoms with E-state index < -0.39 is 11.6 Å². The maximum atomic E-state index is 13.7. The Morgan fingerprint density at radius 1 is 1.00 bits per heavy atom. The quantitative estimate of drug-likeness (QED) is 0.480. The molecule has 6 nitrogen and oxygen atoms in total. The van der Waals surface area contributed by atoms with Crippen LogP contribution in [0.25, 0.3) is 10.9 Å². The minimum atomic E-state index is -0.726. The summed E-state index contributed by atoms with van der Waals surface area (Å²) in [4.78, 5) is 7.43. The van der Waals surface area contributed by atoms with Crippen molar-refractivity contribution in [3.8, 4) is 0 Å². The van der Waals surface area contributed by atoms with Gasteiger partial charge in [0.15, 0.2) is 5.82 Å². The first-order chi connectivity index (χ1) is 13.2. The Kier molecular flexibility index (Phi) is 4.61. The monoisotopic (exact) mass is 366 g/mol. The van der Waals surface area contributed by atoms with Gasteiger partial charge in [-0.2, -0.15) is 10.1 Å². The second kappa shape index (κ2) is 7.36. The molecule has 0 saturated heterocycles. The summed E-state index contributed by atoms with van der Waals surface area (Å²) in [5.74, 6) is -0.979. The highest BCUT2D eigenvalue weighted by atomic mass is 19.1. The third-order valence-electron chi connectivity index (χ3n) is 4.13. The summed E-state index contributed by atoms with van der Waals surface area (Å²) in [6, 6.07) is 11.7. The fourth-order valence-electron chi connectivity index (χ4n) is 2.83. The molecule has 27 heavy (non-hydrogen) atoms. The van der Waals surface area contributed by atoms with Crippen molar-refractivity contribution in [2.24, 2.45) is 0 Å². The first-order valence-electron chi connectivity index (χ1n) is 8.40. The number of anilines is 3. The molecule has 0 saturated carbocycles. The Morgan fingerprint density at radius 2 is 1.81 bits per heavy atom. The summed E-state index contributed by atoms with van der Waals surface area (Å²) in [7, 11) is 0. The Labute approximate surface area is 153 Å². The zero-order valence-electron chi connectivity index (χ0n) is 14.2. The number of hydrogen-bond donors (Lipinski definition) is 3. The Bertz CT molecular complexity index is 1060. The van der Waals surface area contributed by atoms with E-state index in [9.17, 15) is 8.78 Å². The maximum absolute atomic E-state index is 13.7. The molecule has 0 atom stereocenters. The van der Waals surface area contributed by atoms with E-state index in [-0.39, 0.29) is 11.6 Å². The van der Waals surface area contributed by atoms with Crippen molar-refractivity contribution in [3.05, 3.63) is 72.1 Å². The lowest BCUT2D eigenvalue weighted by atomic mass is 10.1. The average Bonchev–Trinajstić information content (AvgIpc) is 3.09. The van der Waals surface area contributed by atoms with E-state index in [2.05, 4.69) is 36.9 Å². The van der Waals surface area contributed by atoms with Gasteiger partial charge in [0.2, 0.25) is 5.95 Å². The third-order valence-corrected chi connectivity index (χ3v) is 4.13. The predicted octanol–water partition coefficient (Wildman–Crippen LogP) is 4.03. The van der Waals surface area contributed by atoms with Crippen LogP contribution >= 0.6 is 0 Å². The van der Waals surface area contributed by atoms with Gasteiger partial charge in [0, 0.05) is 23.6 Å². The van der Waals surface area contributed by atoms with Crippen molar-refractivity contribution in [3.63, 3.8) is 0 Å². The standard InChI is InChI=1S/C19H16F2N6/c20-14-5-3-6-15(21)18(14)26-19-25-17(11-24-27-19)22-9-8-12-10-23-16-7-2-1-4-13(12)16/h1-7,10-11,23H,8-9H2,(H2,22,25,26,27). The van der Waals surface area contributed by atoms with Gasteiger partial charge in [-0.1, -0.05) is 24.3 Å². The van der Waals surface area contributed by atoms with Crippen molar-refractivity contribution in [1.82, 2.24) is 20.2 Å². The number of fused-ring (bicyclic) bond motifs is 1. The number of benzene rings is 2. The molecule has 0 spiro atoms. The van der Waals surface area contributed by atoms with Crippen molar-refractivity contribution in [1.29, 1.82) is 0 Å². The fourth-order valence-corrected chi connectivity index (χ4v) is 2.83. The van der Waals surface area contributed by atoms with Crippen LogP contribution in [0.15, 0.2) is 54.9 Å². The van der Waals surface area contributed by atoms with Crippen LogP contribution in [0.1, 0.15) is 5.56 Å². The lowest BCUT2D eigenvalue weighted by Gasteiger charge is -2.08. The number of para-hydroxylation sites is 2. The van der Waals surface area contributed by atoms with Crippen LogP contribution in [0, 0.1) is 11.6 Å². The highest BCUT2D eigenvalue weighted by Crippen LogP contribution is 2.21. The first-order valence-corrected chi connectivity index (χ1v) is 8.40. The van der Waals surface area contributed by atoms with Gasteiger partial charge in [0.25, 0.3) is 0 Å². The van der Waals surface area contributed by atoms with Crippen LogP contribution in [0.2, 0.25) is 0 Å². The lowest BCUT2D eigenvalue weighted by molar-refractivity contribution is 0.590. The smallest absolute Gasteiger partial charge is 0.249 e. The summed E-state index contributed by atoms with van der Waals surface area (Å²) in [5.41, 5.74) is 1.97. The molecule has 136 valence electrons. The van der Waals surface area contributed by atoms with E-state index in [1.807, 2.05) is 24.4 Å². The van der Waals surface area contributed by atoms with Crippen LogP contribution in [-0.2, 0) is 6.42 Å². The van der Waals surface area contributed by atoms with Gasteiger partial charge in [-0.15, -0.1) is 5.10 Å². The highest BCUT2D eigenvalue weighted by Gasteiger charge is 2.10. The van der Waals surface area contributed by atoms with Gasteiger partial charge < -0.3 is 15.6 Å². The molecule has 2 aromatic heterocycles. The maximum Gasteiger partial charge on any atom is 0.249 e. The van der Waals surface area contributed by atoms with E-state index >= 15 is 0 Å². The number of nitrogens with zero attached hydrogens (tertiary/aromatic N) is 3. The number of hydrogen-bond acceptors (Lipinski definition) is 5. The molecule has 0 unspecified atom stereocenters. The molecule has 0 aliphatic heterocycles. The average molecular weight is 366 g/mol. The predicted molar refractivity (Wildman–Crippen MR) is 100.0 cm³/mol. The van der Waals surface area contributed by atoms with Crippen molar-refractivity contribution < 1.29 is 8.78 Å². The van der Waals surface area contributed by atoms with Crippen LogP contribution in [0.4, 0.5) is 26.2 Å². The Hall–Kier alpha value is -3.55. The highest BCUT2D eigenvalue weighted by molar-refractivity contribution is 5.83. The summed E-state index contributed by atoms with van der Waals surface area (Å²) < 4.78 is 27.5. The zero-order chi connectivity index (χ0) is 18.6. The summed E-state index contributed by atoms with van der Waals surface area (Å²) in [6.45, 7) is 0.619. The third kappa shape index (κ3) is 3.69.